The minimum absolute atomic E-state index is 0.213. The molecule has 0 radical (unpaired) electrons. The van der Waals surface area contributed by atoms with Crippen LogP contribution in [0.4, 0.5) is 0 Å². The van der Waals surface area contributed by atoms with Crippen LogP contribution in [-0.2, 0) is 0 Å². The molecule has 0 spiro atoms. The molecule has 0 amide bonds. The van der Waals surface area contributed by atoms with Gasteiger partial charge in [0.2, 0.25) is 0 Å². The number of nitriles is 1. The molecule has 0 atom stereocenters. The number of ether oxygens (including phenoxy) is 1. The van der Waals surface area contributed by atoms with Crippen molar-refractivity contribution in [2.24, 2.45) is 5.73 Å². The summed E-state index contributed by atoms with van der Waals surface area (Å²) < 4.78 is 6.48. The monoisotopic (exact) mass is 294 g/mol. The molecule has 1 aliphatic rings. The molecule has 1 aromatic rings. The van der Waals surface area contributed by atoms with E-state index >= 15 is 0 Å². The molecule has 0 heterocycles. The Hall–Kier alpha value is -1.05. The van der Waals surface area contributed by atoms with E-state index in [4.69, 9.17) is 15.7 Å². The van der Waals surface area contributed by atoms with Crippen molar-refractivity contribution in [1.82, 2.24) is 0 Å². The molecule has 2 N–H and O–H groups in total. The maximum atomic E-state index is 9.06. The molecular formula is C13H15BrN2O. The number of benzene rings is 1. The fourth-order valence-electron chi connectivity index (χ4n) is 2.18. The average Bonchev–Trinajstić information content (AvgIpc) is 2.74. The smallest absolute Gasteiger partial charge is 0.138 e. The van der Waals surface area contributed by atoms with Gasteiger partial charge in [-0.2, -0.15) is 5.26 Å². The van der Waals surface area contributed by atoms with Crippen molar-refractivity contribution in [1.29, 1.82) is 5.26 Å². The SMILES string of the molecule is N#Cc1c(Br)cccc1OCC1(N)CCCC1. The Morgan fingerprint density at radius 2 is 2.12 bits per heavy atom. The van der Waals surface area contributed by atoms with E-state index in [1.165, 1.54) is 12.8 Å². The van der Waals surface area contributed by atoms with Gasteiger partial charge in [0.25, 0.3) is 0 Å². The highest BCUT2D eigenvalue weighted by atomic mass is 79.9. The zero-order chi connectivity index (χ0) is 12.3. The number of halogens is 1. The summed E-state index contributed by atoms with van der Waals surface area (Å²) in [6.45, 7) is 0.484. The van der Waals surface area contributed by atoms with E-state index in [9.17, 15) is 0 Å². The molecule has 0 bridgehead atoms. The van der Waals surface area contributed by atoms with Gasteiger partial charge in [-0.25, -0.2) is 0 Å². The highest BCUT2D eigenvalue weighted by Gasteiger charge is 2.30. The van der Waals surface area contributed by atoms with Gasteiger partial charge in [-0.05, 0) is 40.9 Å². The van der Waals surface area contributed by atoms with Crippen molar-refractivity contribution < 1.29 is 4.74 Å². The van der Waals surface area contributed by atoms with E-state index in [2.05, 4.69) is 22.0 Å². The fourth-order valence-corrected chi connectivity index (χ4v) is 2.61. The van der Waals surface area contributed by atoms with Gasteiger partial charge in [0, 0.05) is 4.47 Å². The van der Waals surface area contributed by atoms with Gasteiger partial charge in [0.1, 0.15) is 24.0 Å². The number of nitrogens with zero attached hydrogens (tertiary/aromatic N) is 1. The molecule has 0 saturated heterocycles. The van der Waals surface area contributed by atoms with E-state index in [0.29, 0.717) is 17.9 Å². The summed E-state index contributed by atoms with van der Waals surface area (Å²) in [5, 5.41) is 9.06. The second kappa shape index (κ2) is 5.07. The van der Waals surface area contributed by atoms with Gasteiger partial charge in [-0.15, -0.1) is 0 Å². The standard InChI is InChI=1S/C13H15BrN2O/c14-11-4-3-5-12(10(11)8-15)17-9-13(16)6-1-2-7-13/h3-5H,1-2,6-7,9,16H2. The molecule has 4 heteroatoms. The second-order valence-electron chi connectivity index (χ2n) is 4.58. The van der Waals surface area contributed by atoms with Crippen LogP contribution in [0, 0.1) is 11.3 Å². The van der Waals surface area contributed by atoms with Crippen LogP contribution in [0.3, 0.4) is 0 Å². The zero-order valence-corrected chi connectivity index (χ0v) is 11.2. The summed E-state index contributed by atoms with van der Waals surface area (Å²) in [5.74, 6) is 0.610. The van der Waals surface area contributed by atoms with E-state index in [1.807, 2.05) is 18.2 Å². The maximum absolute atomic E-state index is 9.06. The number of hydrogen-bond donors (Lipinski definition) is 1. The minimum atomic E-state index is -0.213. The Morgan fingerprint density at radius 1 is 1.41 bits per heavy atom. The minimum Gasteiger partial charge on any atom is -0.490 e. The lowest BCUT2D eigenvalue weighted by molar-refractivity contribution is 0.220. The molecule has 1 aliphatic carbocycles. The largest absolute Gasteiger partial charge is 0.490 e. The predicted octanol–water partition coefficient (Wildman–Crippen LogP) is 2.97. The van der Waals surface area contributed by atoms with Gasteiger partial charge < -0.3 is 10.5 Å². The van der Waals surface area contributed by atoms with Crippen LogP contribution in [0.2, 0.25) is 0 Å². The molecular weight excluding hydrogens is 280 g/mol. The van der Waals surface area contributed by atoms with Gasteiger partial charge in [0.05, 0.1) is 5.54 Å². The first-order valence-electron chi connectivity index (χ1n) is 5.75. The molecule has 1 fully saturated rings. The Labute approximate surface area is 110 Å². The lowest BCUT2D eigenvalue weighted by Gasteiger charge is -2.23. The van der Waals surface area contributed by atoms with Crippen molar-refractivity contribution in [2.75, 3.05) is 6.61 Å². The lowest BCUT2D eigenvalue weighted by Crippen LogP contribution is -2.42. The van der Waals surface area contributed by atoms with E-state index < -0.39 is 0 Å². The summed E-state index contributed by atoms with van der Waals surface area (Å²) in [5.41, 5.74) is 6.54. The van der Waals surface area contributed by atoms with Gasteiger partial charge in [0.15, 0.2) is 0 Å². The average molecular weight is 295 g/mol. The molecule has 17 heavy (non-hydrogen) atoms. The lowest BCUT2D eigenvalue weighted by atomic mass is 10.0. The predicted molar refractivity (Wildman–Crippen MR) is 69.7 cm³/mol. The maximum Gasteiger partial charge on any atom is 0.138 e. The van der Waals surface area contributed by atoms with Crippen LogP contribution in [-0.4, -0.2) is 12.1 Å². The summed E-state index contributed by atoms with van der Waals surface area (Å²) in [6.07, 6.45) is 4.35. The summed E-state index contributed by atoms with van der Waals surface area (Å²) >= 11 is 3.34. The van der Waals surface area contributed by atoms with Crippen molar-refractivity contribution in [3.8, 4) is 11.8 Å². The zero-order valence-electron chi connectivity index (χ0n) is 9.58. The van der Waals surface area contributed by atoms with Crippen molar-refractivity contribution >= 4 is 15.9 Å². The third-order valence-electron chi connectivity index (χ3n) is 3.20. The summed E-state index contributed by atoms with van der Waals surface area (Å²) in [6, 6.07) is 7.64. The van der Waals surface area contributed by atoms with E-state index in [0.717, 1.165) is 17.3 Å². The van der Waals surface area contributed by atoms with Crippen molar-refractivity contribution in [3.05, 3.63) is 28.2 Å². The second-order valence-corrected chi connectivity index (χ2v) is 5.44. The van der Waals surface area contributed by atoms with Crippen LogP contribution in [0.15, 0.2) is 22.7 Å². The molecule has 3 nitrogen and oxygen atoms in total. The van der Waals surface area contributed by atoms with Crippen molar-refractivity contribution in [2.45, 2.75) is 31.2 Å². The molecule has 90 valence electrons. The van der Waals surface area contributed by atoms with Crippen molar-refractivity contribution in [3.63, 3.8) is 0 Å². The third kappa shape index (κ3) is 2.80. The van der Waals surface area contributed by atoms with Gasteiger partial charge >= 0.3 is 0 Å². The highest BCUT2D eigenvalue weighted by molar-refractivity contribution is 9.10. The number of rotatable bonds is 3. The van der Waals surface area contributed by atoms with E-state index in [-0.39, 0.29) is 5.54 Å². The Morgan fingerprint density at radius 3 is 2.76 bits per heavy atom. The number of nitrogens with two attached hydrogens (primary N) is 1. The van der Waals surface area contributed by atoms with E-state index in [1.54, 1.807) is 0 Å². The quantitative estimate of drug-likeness (QED) is 0.932. The van der Waals surface area contributed by atoms with Crippen LogP contribution in [0.5, 0.6) is 5.75 Å². The highest BCUT2D eigenvalue weighted by Crippen LogP contribution is 2.30. The molecule has 2 rings (SSSR count). The molecule has 1 aromatic carbocycles. The Bertz CT molecular complexity index is 447. The van der Waals surface area contributed by atoms with Crippen LogP contribution in [0.25, 0.3) is 0 Å². The Kier molecular flexibility index (Phi) is 3.70. The first-order valence-corrected chi connectivity index (χ1v) is 6.54. The van der Waals surface area contributed by atoms with Crippen LogP contribution >= 0.6 is 15.9 Å². The Balaban J connectivity index is 2.09. The third-order valence-corrected chi connectivity index (χ3v) is 3.86. The van der Waals surface area contributed by atoms with Gasteiger partial charge in [-0.3, -0.25) is 0 Å². The fraction of sp³-hybridized carbons (Fsp3) is 0.462. The molecule has 0 unspecified atom stereocenters. The summed E-state index contributed by atoms with van der Waals surface area (Å²) in [7, 11) is 0. The van der Waals surface area contributed by atoms with Crippen LogP contribution < -0.4 is 10.5 Å². The first kappa shape index (κ1) is 12.4. The molecule has 0 aromatic heterocycles. The van der Waals surface area contributed by atoms with Crippen LogP contribution in [0.1, 0.15) is 31.2 Å². The molecule has 0 aliphatic heterocycles. The summed E-state index contributed by atoms with van der Waals surface area (Å²) in [4.78, 5) is 0. The normalized spacial score (nSPS) is 17.7. The topological polar surface area (TPSA) is 59.0 Å². The van der Waals surface area contributed by atoms with Gasteiger partial charge in [-0.1, -0.05) is 18.9 Å². The number of hydrogen-bond acceptors (Lipinski definition) is 3. The first-order chi connectivity index (χ1) is 8.14. The molecule has 1 saturated carbocycles.